The highest BCUT2D eigenvalue weighted by Gasteiger charge is 2.36. The third-order valence-electron chi connectivity index (χ3n) is 3.54. The Balaban J connectivity index is 2.23. The third-order valence-corrected chi connectivity index (χ3v) is 3.54. The van der Waals surface area contributed by atoms with Crippen LogP contribution in [-0.4, -0.2) is 29.7 Å². The number of hydrogen-bond acceptors (Lipinski definition) is 3. The summed E-state index contributed by atoms with van der Waals surface area (Å²) in [4.78, 5) is 10.5. The molecule has 4 nitrogen and oxygen atoms in total. The molecule has 0 bridgehead atoms. The molecule has 1 rings (SSSR count). The number of primary amides is 1. The van der Waals surface area contributed by atoms with E-state index in [-0.39, 0.29) is 5.91 Å². The van der Waals surface area contributed by atoms with E-state index in [1.54, 1.807) is 0 Å². The van der Waals surface area contributed by atoms with Crippen LogP contribution in [0.15, 0.2) is 0 Å². The maximum Gasteiger partial charge on any atom is 0.218 e. The van der Waals surface area contributed by atoms with Gasteiger partial charge in [0.1, 0.15) is 0 Å². The molecule has 4 N–H and O–H groups in total. The largest absolute Gasteiger partial charge is 0.389 e. The van der Waals surface area contributed by atoms with Gasteiger partial charge in [-0.25, -0.2) is 0 Å². The second kappa shape index (κ2) is 5.15. The van der Waals surface area contributed by atoms with Crippen LogP contribution in [0, 0.1) is 5.41 Å². The number of nitrogens with two attached hydrogens (primary N) is 1. The molecule has 0 unspecified atom stereocenters. The molecule has 16 heavy (non-hydrogen) atoms. The lowest BCUT2D eigenvalue weighted by Gasteiger charge is -2.40. The van der Waals surface area contributed by atoms with Crippen LogP contribution >= 0.6 is 0 Å². The minimum Gasteiger partial charge on any atom is -0.389 e. The van der Waals surface area contributed by atoms with Crippen LogP contribution in [0.2, 0.25) is 0 Å². The van der Waals surface area contributed by atoms with Crippen molar-refractivity contribution in [2.24, 2.45) is 11.1 Å². The first-order valence-electron chi connectivity index (χ1n) is 6.04. The first-order chi connectivity index (χ1) is 7.33. The smallest absolute Gasteiger partial charge is 0.218 e. The molecule has 0 heterocycles. The van der Waals surface area contributed by atoms with E-state index >= 15 is 0 Å². The summed E-state index contributed by atoms with van der Waals surface area (Å²) in [5, 5.41) is 13.4. The van der Waals surface area contributed by atoms with Crippen molar-refractivity contribution in [2.45, 2.75) is 51.6 Å². The summed E-state index contributed by atoms with van der Waals surface area (Å²) in [6.07, 6.45) is 4.12. The molecule has 0 atom stereocenters. The third kappa shape index (κ3) is 4.49. The van der Waals surface area contributed by atoms with Crippen LogP contribution in [0.1, 0.15) is 46.0 Å². The number of carbonyl (C=O) groups is 1. The van der Waals surface area contributed by atoms with E-state index in [0.717, 1.165) is 25.7 Å². The Morgan fingerprint density at radius 2 is 1.88 bits per heavy atom. The zero-order chi connectivity index (χ0) is 12.2. The van der Waals surface area contributed by atoms with E-state index in [1.165, 1.54) is 0 Å². The molecule has 0 aliphatic heterocycles. The van der Waals surface area contributed by atoms with E-state index in [2.05, 4.69) is 19.2 Å². The van der Waals surface area contributed by atoms with Gasteiger partial charge in [0.05, 0.1) is 5.60 Å². The van der Waals surface area contributed by atoms with Crippen LogP contribution in [-0.2, 0) is 4.79 Å². The molecule has 1 amide bonds. The summed E-state index contributed by atoms with van der Waals surface area (Å²) in [6.45, 7) is 5.61. The van der Waals surface area contributed by atoms with Gasteiger partial charge in [0.25, 0.3) is 0 Å². The SMILES string of the molecule is CC1(C)CCC(O)(CNCCC(N)=O)CC1. The van der Waals surface area contributed by atoms with E-state index < -0.39 is 5.60 Å². The summed E-state index contributed by atoms with van der Waals surface area (Å²) in [6, 6.07) is 0. The molecule has 0 aromatic carbocycles. The highest BCUT2D eigenvalue weighted by atomic mass is 16.3. The van der Waals surface area contributed by atoms with Gasteiger partial charge >= 0.3 is 0 Å². The van der Waals surface area contributed by atoms with Gasteiger partial charge in [-0.05, 0) is 31.1 Å². The lowest BCUT2D eigenvalue weighted by atomic mass is 9.71. The summed E-state index contributed by atoms with van der Waals surface area (Å²) in [5.41, 5.74) is 4.81. The number of rotatable bonds is 5. The quantitative estimate of drug-likeness (QED) is 0.609. The number of nitrogens with one attached hydrogen (secondary N) is 1. The molecule has 1 aliphatic rings. The van der Waals surface area contributed by atoms with Crippen LogP contribution in [0.5, 0.6) is 0 Å². The fraction of sp³-hybridized carbons (Fsp3) is 0.917. The highest BCUT2D eigenvalue weighted by Crippen LogP contribution is 2.39. The van der Waals surface area contributed by atoms with Crippen molar-refractivity contribution in [3.63, 3.8) is 0 Å². The van der Waals surface area contributed by atoms with E-state index in [4.69, 9.17) is 5.73 Å². The molecule has 0 aromatic heterocycles. The van der Waals surface area contributed by atoms with Crippen molar-refractivity contribution in [3.8, 4) is 0 Å². The topological polar surface area (TPSA) is 75.3 Å². The van der Waals surface area contributed by atoms with E-state index in [0.29, 0.717) is 24.9 Å². The highest BCUT2D eigenvalue weighted by molar-refractivity contribution is 5.73. The minimum absolute atomic E-state index is 0.302. The molecule has 94 valence electrons. The van der Waals surface area contributed by atoms with Crippen LogP contribution in [0.3, 0.4) is 0 Å². The summed E-state index contributed by atoms with van der Waals surface area (Å²) >= 11 is 0. The van der Waals surface area contributed by atoms with Crippen molar-refractivity contribution in [2.75, 3.05) is 13.1 Å². The van der Waals surface area contributed by atoms with Crippen molar-refractivity contribution in [1.29, 1.82) is 0 Å². The fourth-order valence-electron chi connectivity index (χ4n) is 2.10. The molecule has 0 saturated heterocycles. The normalized spacial score (nSPS) is 22.9. The van der Waals surface area contributed by atoms with Gasteiger partial charge in [-0.1, -0.05) is 13.8 Å². The summed E-state index contributed by atoms with van der Waals surface area (Å²) in [5.74, 6) is -0.302. The van der Waals surface area contributed by atoms with Gasteiger partial charge in [-0.3, -0.25) is 4.79 Å². The first kappa shape index (κ1) is 13.5. The second-order valence-electron chi connectivity index (χ2n) is 5.78. The molecule has 1 aliphatic carbocycles. The molecular formula is C12H24N2O2. The maximum absolute atomic E-state index is 10.5. The van der Waals surface area contributed by atoms with Crippen molar-refractivity contribution in [3.05, 3.63) is 0 Å². The van der Waals surface area contributed by atoms with Gasteiger partial charge in [-0.15, -0.1) is 0 Å². The Kier molecular flexibility index (Phi) is 4.33. The van der Waals surface area contributed by atoms with Gasteiger partial charge in [0, 0.05) is 19.5 Å². The molecule has 1 saturated carbocycles. The fourth-order valence-corrected chi connectivity index (χ4v) is 2.10. The van der Waals surface area contributed by atoms with Crippen LogP contribution in [0.25, 0.3) is 0 Å². The Bertz CT molecular complexity index is 241. The lowest BCUT2D eigenvalue weighted by molar-refractivity contribution is -0.118. The zero-order valence-corrected chi connectivity index (χ0v) is 10.4. The average molecular weight is 228 g/mol. The number of aliphatic hydroxyl groups is 1. The Morgan fingerprint density at radius 1 is 1.31 bits per heavy atom. The van der Waals surface area contributed by atoms with Gasteiger partial charge < -0.3 is 16.2 Å². The minimum atomic E-state index is -0.590. The lowest BCUT2D eigenvalue weighted by Crippen LogP contribution is -2.45. The molecule has 1 fully saturated rings. The number of hydrogen-bond donors (Lipinski definition) is 3. The zero-order valence-electron chi connectivity index (χ0n) is 10.4. The standard InChI is InChI=1S/C12H24N2O2/c1-11(2)4-6-12(16,7-5-11)9-14-8-3-10(13)15/h14,16H,3-9H2,1-2H3,(H2,13,15). The summed E-state index contributed by atoms with van der Waals surface area (Å²) < 4.78 is 0. The predicted molar refractivity (Wildman–Crippen MR) is 63.9 cm³/mol. The van der Waals surface area contributed by atoms with Crippen molar-refractivity contribution < 1.29 is 9.90 Å². The molecule has 0 radical (unpaired) electrons. The van der Waals surface area contributed by atoms with Crippen molar-refractivity contribution >= 4 is 5.91 Å². The molecule has 4 heteroatoms. The van der Waals surface area contributed by atoms with Gasteiger partial charge in [0.15, 0.2) is 0 Å². The second-order valence-corrected chi connectivity index (χ2v) is 5.78. The molecular weight excluding hydrogens is 204 g/mol. The van der Waals surface area contributed by atoms with Gasteiger partial charge in [-0.2, -0.15) is 0 Å². The monoisotopic (exact) mass is 228 g/mol. The Labute approximate surface area is 97.6 Å². The van der Waals surface area contributed by atoms with Crippen molar-refractivity contribution in [1.82, 2.24) is 5.32 Å². The maximum atomic E-state index is 10.5. The Morgan fingerprint density at radius 3 is 2.38 bits per heavy atom. The van der Waals surface area contributed by atoms with Crippen LogP contribution in [0.4, 0.5) is 0 Å². The Hall–Kier alpha value is -0.610. The number of carbonyl (C=O) groups excluding carboxylic acids is 1. The predicted octanol–water partition coefficient (Wildman–Crippen LogP) is 0.783. The number of amides is 1. The van der Waals surface area contributed by atoms with E-state index in [1.807, 2.05) is 0 Å². The molecule has 0 aromatic rings. The first-order valence-corrected chi connectivity index (χ1v) is 6.04. The average Bonchev–Trinajstić information content (AvgIpc) is 2.18. The summed E-state index contributed by atoms with van der Waals surface area (Å²) in [7, 11) is 0. The van der Waals surface area contributed by atoms with Crippen LogP contribution < -0.4 is 11.1 Å². The van der Waals surface area contributed by atoms with E-state index in [9.17, 15) is 9.90 Å². The molecule has 0 spiro atoms. The van der Waals surface area contributed by atoms with Gasteiger partial charge in [0.2, 0.25) is 5.91 Å².